The lowest BCUT2D eigenvalue weighted by Crippen LogP contribution is -2.16. The second-order valence-electron chi connectivity index (χ2n) is 5.99. The molecule has 28 heavy (non-hydrogen) atoms. The first-order chi connectivity index (χ1) is 13.7. The van der Waals surface area contributed by atoms with Gasteiger partial charge in [-0.05, 0) is 36.8 Å². The molecule has 3 aromatic rings. The van der Waals surface area contributed by atoms with E-state index in [0.717, 1.165) is 5.56 Å². The van der Waals surface area contributed by atoms with Crippen molar-refractivity contribution in [3.05, 3.63) is 89.6 Å². The van der Waals surface area contributed by atoms with Gasteiger partial charge >= 0.3 is 5.97 Å². The number of esters is 1. The largest absolute Gasteiger partial charge is 0.462 e. The number of carbonyl (C=O) groups excluding carboxylic acids is 2. The zero-order valence-electron chi connectivity index (χ0n) is 15.5. The van der Waals surface area contributed by atoms with Crippen LogP contribution in [-0.4, -0.2) is 23.5 Å². The summed E-state index contributed by atoms with van der Waals surface area (Å²) in [5.41, 5.74) is 2.25. The molecule has 0 spiro atoms. The van der Waals surface area contributed by atoms with Gasteiger partial charge in [-0.25, -0.2) is 9.78 Å². The highest BCUT2D eigenvalue weighted by Crippen LogP contribution is 2.18. The van der Waals surface area contributed by atoms with E-state index in [1.54, 1.807) is 43.3 Å². The minimum Gasteiger partial charge on any atom is -0.462 e. The molecule has 0 atom stereocenters. The number of anilines is 2. The van der Waals surface area contributed by atoms with Crippen LogP contribution >= 0.6 is 0 Å². The molecule has 1 amide bonds. The Balaban J connectivity index is 1.65. The van der Waals surface area contributed by atoms with Crippen molar-refractivity contribution in [3.8, 4) is 0 Å². The minimum atomic E-state index is -0.475. The normalized spacial score (nSPS) is 10.2. The summed E-state index contributed by atoms with van der Waals surface area (Å²) in [6.45, 7) is 2.65. The molecule has 142 valence electrons. The molecule has 0 aliphatic rings. The van der Waals surface area contributed by atoms with E-state index in [4.69, 9.17) is 4.74 Å². The summed E-state index contributed by atoms with van der Waals surface area (Å²) in [5, 5.41) is 5.95. The van der Waals surface area contributed by atoms with Gasteiger partial charge in [0, 0.05) is 12.7 Å². The van der Waals surface area contributed by atoms with Crippen LogP contribution in [0.5, 0.6) is 0 Å². The second-order valence-corrected chi connectivity index (χ2v) is 5.99. The number of amides is 1. The van der Waals surface area contributed by atoms with Gasteiger partial charge in [0.1, 0.15) is 5.82 Å². The number of hydrogen-bond donors (Lipinski definition) is 2. The summed E-state index contributed by atoms with van der Waals surface area (Å²) >= 11 is 0. The van der Waals surface area contributed by atoms with Crippen LogP contribution in [0, 0.1) is 0 Å². The number of para-hydroxylation sites is 1. The molecule has 0 radical (unpaired) electrons. The van der Waals surface area contributed by atoms with Gasteiger partial charge in [0.15, 0.2) is 0 Å². The zero-order chi connectivity index (χ0) is 19.8. The molecule has 0 bridgehead atoms. The third kappa shape index (κ3) is 4.94. The van der Waals surface area contributed by atoms with Crippen LogP contribution in [-0.2, 0) is 11.3 Å². The Morgan fingerprint density at radius 2 is 1.71 bits per heavy atom. The molecule has 1 heterocycles. The highest BCUT2D eigenvalue weighted by atomic mass is 16.5. The van der Waals surface area contributed by atoms with Crippen LogP contribution < -0.4 is 10.6 Å². The molecule has 6 heteroatoms. The first-order valence-electron chi connectivity index (χ1n) is 8.98. The van der Waals surface area contributed by atoms with Gasteiger partial charge in [-0.3, -0.25) is 4.79 Å². The van der Waals surface area contributed by atoms with E-state index < -0.39 is 5.97 Å². The molecule has 0 fully saturated rings. The summed E-state index contributed by atoms with van der Waals surface area (Å²) < 4.78 is 5.02. The Kier molecular flexibility index (Phi) is 6.36. The summed E-state index contributed by atoms with van der Waals surface area (Å²) in [7, 11) is 0. The van der Waals surface area contributed by atoms with Crippen LogP contribution in [0.2, 0.25) is 0 Å². The third-order valence-corrected chi connectivity index (χ3v) is 4.01. The van der Waals surface area contributed by atoms with E-state index in [1.165, 1.54) is 6.20 Å². The van der Waals surface area contributed by atoms with Gasteiger partial charge in [0.2, 0.25) is 0 Å². The Hall–Kier alpha value is -3.67. The molecule has 2 aromatic carbocycles. The van der Waals surface area contributed by atoms with Gasteiger partial charge in [0.05, 0.1) is 23.4 Å². The van der Waals surface area contributed by atoms with Gasteiger partial charge in [-0.15, -0.1) is 0 Å². The van der Waals surface area contributed by atoms with Gasteiger partial charge < -0.3 is 15.4 Å². The third-order valence-electron chi connectivity index (χ3n) is 4.01. The predicted octanol–water partition coefficient (Wildman–Crippen LogP) is 4.12. The molecule has 0 saturated heterocycles. The number of ether oxygens (including phenoxy) is 1. The fourth-order valence-corrected chi connectivity index (χ4v) is 2.59. The van der Waals surface area contributed by atoms with Crippen LogP contribution in [0.4, 0.5) is 11.5 Å². The van der Waals surface area contributed by atoms with Crippen LogP contribution in [0.15, 0.2) is 72.9 Å². The van der Waals surface area contributed by atoms with Crippen LogP contribution in [0.1, 0.15) is 33.2 Å². The van der Waals surface area contributed by atoms with E-state index in [0.29, 0.717) is 29.2 Å². The fraction of sp³-hybridized carbons (Fsp3) is 0.136. The van der Waals surface area contributed by atoms with E-state index in [2.05, 4.69) is 15.6 Å². The van der Waals surface area contributed by atoms with E-state index >= 15 is 0 Å². The molecule has 0 aliphatic heterocycles. The Morgan fingerprint density at radius 3 is 2.43 bits per heavy atom. The molecule has 0 aliphatic carbocycles. The van der Waals surface area contributed by atoms with Crippen LogP contribution in [0.25, 0.3) is 0 Å². The van der Waals surface area contributed by atoms with E-state index in [1.807, 2.05) is 30.3 Å². The Morgan fingerprint density at radius 1 is 0.964 bits per heavy atom. The molecule has 2 N–H and O–H groups in total. The summed E-state index contributed by atoms with van der Waals surface area (Å²) in [6, 6.07) is 20.1. The van der Waals surface area contributed by atoms with Crippen molar-refractivity contribution in [2.45, 2.75) is 13.5 Å². The molecular weight excluding hydrogens is 354 g/mol. The number of pyridine rings is 1. The lowest BCUT2D eigenvalue weighted by atomic mass is 10.1. The SMILES string of the molecule is CCOC(=O)c1ccccc1NC(=O)c1ccc(NCc2ccccc2)nc1. The number of rotatable bonds is 7. The van der Waals surface area contributed by atoms with Crippen molar-refractivity contribution < 1.29 is 14.3 Å². The van der Waals surface area contributed by atoms with Crippen molar-refractivity contribution in [2.75, 3.05) is 17.2 Å². The lowest BCUT2D eigenvalue weighted by Gasteiger charge is -2.11. The van der Waals surface area contributed by atoms with Crippen LogP contribution in [0.3, 0.4) is 0 Å². The topological polar surface area (TPSA) is 80.3 Å². The maximum atomic E-state index is 12.5. The van der Waals surface area contributed by atoms with Crippen molar-refractivity contribution in [2.24, 2.45) is 0 Å². The highest BCUT2D eigenvalue weighted by Gasteiger charge is 2.15. The standard InChI is InChI=1S/C22H21N3O3/c1-2-28-22(27)18-10-6-7-11-19(18)25-21(26)17-12-13-20(24-15-17)23-14-16-8-4-3-5-9-16/h3-13,15H,2,14H2,1H3,(H,23,24)(H,25,26). The summed E-state index contributed by atoms with van der Waals surface area (Å²) in [4.78, 5) is 28.8. The maximum absolute atomic E-state index is 12.5. The molecule has 1 aromatic heterocycles. The molecule has 0 unspecified atom stereocenters. The number of benzene rings is 2. The number of carbonyl (C=O) groups is 2. The van der Waals surface area contributed by atoms with E-state index in [9.17, 15) is 9.59 Å². The fourth-order valence-electron chi connectivity index (χ4n) is 2.59. The van der Waals surface area contributed by atoms with Crippen molar-refractivity contribution in [1.82, 2.24) is 4.98 Å². The van der Waals surface area contributed by atoms with Crippen molar-refractivity contribution in [3.63, 3.8) is 0 Å². The first kappa shape index (κ1) is 19.1. The summed E-state index contributed by atoms with van der Waals surface area (Å²) in [5.74, 6) is -0.150. The zero-order valence-corrected chi connectivity index (χ0v) is 15.5. The Bertz CT molecular complexity index is 941. The number of hydrogen-bond acceptors (Lipinski definition) is 5. The second kappa shape index (κ2) is 9.32. The first-order valence-corrected chi connectivity index (χ1v) is 8.98. The number of nitrogens with zero attached hydrogens (tertiary/aromatic N) is 1. The average Bonchev–Trinajstić information content (AvgIpc) is 2.74. The Labute approximate surface area is 163 Å². The number of nitrogens with one attached hydrogen (secondary N) is 2. The quantitative estimate of drug-likeness (QED) is 0.607. The lowest BCUT2D eigenvalue weighted by molar-refractivity contribution is 0.0527. The molecule has 0 saturated carbocycles. The van der Waals surface area contributed by atoms with E-state index in [-0.39, 0.29) is 12.5 Å². The monoisotopic (exact) mass is 375 g/mol. The van der Waals surface area contributed by atoms with Crippen molar-refractivity contribution in [1.29, 1.82) is 0 Å². The average molecular weight is 375 g/mol. The van der Waals surface area contributed by atoms with Gasteiger partial charge in [0.25, 0.3) is 5.91 Å². The molecular formula is C22H21N3O3. The van der Waals surface area contributed by atoms with Crippen molar-refractivity contribution >= 4 is 23.4 Å². The minimum absolute atomic E-state index is 0.266. The van der Waals surface area contributed by atoms with Gasteiger partial charge in [-0.1, -0.05) is 42.5 Å². The predicted molar refractivity (Wildman–Crippen MR) is 108 cm³/mol. The summed E-state index contributed by atoms with van der Waals surface area (Å²) in [6.07, 6.45) is 1.50. The number of aromatic nitrogens is 1. The van der Waals surface area contributed by atoms with Gasteiger partial charge in [-0.2, -0.15) is 0 Å². The molecule has 6 nitrogen and oxygen atoms in total. The molecule has 3 rings (SSSR count). The smallest absolute Gasteiger partial charge is 0.340 e. The highest BCUT2D eigenvalue weighted by molar-refractivity contribution is 6.07. The maximum Gasteiger partial charge on any atom is 0.340 e.